The quantitative estimate of drug-likeness (QED) is 0.924. The van der Waals surface area contributed by atoms with Gasteiger partial charge in [-0.2, -0.15) is 0 Å². The summed E-state index contributed by atoms with van der Waals surface area (Å²) in [4.78, 5) is 17.6. The standard InChI is InChI=1S/C15H15ClN2O2/c1-9-4-14(19)13(16)6-12(9)10-5-11(8-17-7-10)15(20)18(2)3/h4-8,19H,1-3H3. The molecule has 20 heavy (non-hydrogen) atoms. The van der Waals surface area contributed by atoms with Crippen molar-refractivity contribution in [1.82, 2.24) is 9.88 Å². The zero-order valence-corrected chi connectivity index (χ0v) is 12.3. The highest BCUT2D eigenvalue weighted by Crippen LogP contribution is 2.32. The van der Waals surface area contributed by atoms with Gasteiger partial charge in [0.25, 0.3) is 5.91 Å². The Hall–Kier alpha value is -2.07. The molecule has 1 heterocycles. The number of hydrogen-bond acceptors (Lipinski definition) is 3. The van der Waals surface area contributed by atoms with Crippen LogP contribution in [0.1, 0.15) is 15.9 Å². The third-order valence-corrected chi connectivity index (χ3v) is 3.30. The highest BCUT2D eigenvalue weighted by molar-refractivity contribution is 6.32. The molecule has 0 bridgehead atoms. The molecule has 0 aliphatic heterocycles. The molecule has 0 fully saturated rings. The number of halogens is 1. The zero-order valence-electron chi connectivity index (χ0n) is 11.5. The van der Waals surface area contributed by atoms with Gasteiger partial charge in [0.15, 0.2) is 0 Å². The van der Waals surface area contributed by atoms with E-state index in [0.717, 1.165) is 16.7 Å². The van der Waals surface area contributed by atoms with Crippen molar-refractivity contribution in [2.24, 2.45) is 0 Å². The van der Waals surface area contributed by atoms with Gasteiger partial charge in [0.2, 0.25) is 0 Å². The van der Waals surface area contributed by atoms with Crippen LogP contribution in [0.3, 0.4) is 0 Å². The minimum atomic E-state index is -0.109. The van der Waals surface area contributed by atoms with E-state index in [1.807, 2.05) is 6.92 Å². The molecule has 2 rings (SSSR count). The molecule has 2 aromatic rings. The van der Waals surface area contributed by atoms with E-state index in [9.17, 15) is 9.90 Å². The summed E-state index contributed by atoms with van der Waals surface area (Å²) in [5.74, 6) is -0.0664. The number of carbonyl (C=O) groups is 1. The summed E-state index contributed by atoms with van der Waals surface area (Å²) in [5, 5.41) is 9.85. The van der Waals surface area contributed by atoms with Crippen molar-refractivity contribution < 1.29 is 9.90 Å². The number of aromatic nitrogens is 1. The number of phenolic OH excluding ortho intramolecular Hbond substituents is 1. The smallest absolute Gasteiger partial charge is 0.254 e. The SMILES string of the molecule is Cc1cc(O)c(Cl)cc1-c1cncc(C(=O)N(C)C)c1. The summed E-state index contributed by atoms with van der Waals surface area (Å²) in [6.07, 6.45) is 3.20. The summed E-state index contributed by atoms with van der Waals surface area (Å²) in [6, 6.07) is 5.04. The zero-order chi connectivity index (χ0) is 14.9. The van der Waals surface area contributed by atoms with E-state index in [2.05, 4.69) is 4.98 Å². The second-order valence-corrected chi connectivity index (χ2v) is 5.19. The lowest BCUT2D eigenvalue weighted by Crippen LogP contribution is -2.21. The molecule has 0 aliphatic rings. The Bertz CT molecular complexity index is 669. The van der Waals surface area contributed by atoms with E-state index in [1.54, 1.807) is 38.5 Å². The van der Waals surface area contributed by atoms with Crippen molar-refractivity contribution in [2.75, 3.05) is 14.1 Å². The number of hydrogen-bond donors (Lipinski definition) is 1. The Kier molecular flexibility index (Phi) is 3.95. The number of aryl methyl sites for hydroxylation is 1. The predicted octanol–water partition coefficient (Wildman–Crippen LogP) is 3.12. The van der Waals surface area contributed by atoms with E-state index >= 15 is 0 Å². The molecule has 104 valence electrons. The van der Waals surface area contributed by atoms with Crippen LogP contribution in [-0.2, 0) is 0 Å². The second-order valence-electron chi connectivity index (χ2n) is 4.78. The third-order valence-electron chi connectivity index (χ3n) is 3.00. The highest BCUT2D eigenvalue weighted by atomic mass is 35.5. The van der Waals surface area contributed by atoms with Crippen LogP contribution in [-0.4, -0.2) is 35.0 Å². The molecule has 5 heteroatoms. The van der Waals surface area contributed by atoms with Gasteiger partial charge < -0.3 is 10.0 Å². The number of benzene rings is 1. The maximum absolute atomic E-state index is 12.0. The summed E-state index contributed by atoms with van der Waals surface area (Å²) in [6.45, 7) is 1.87. The van der Waals surface area contributed by atoms with Crippen molar-refractivity contribution in [3.05, 3.63) is 46.7 Å². The molecular formula is C15H15ClN2O2. The molecule has 0 saturated heterocycles. The van der Waals surface area contributed by atoms with Gasteiger partial charge in [-0.3, -0.25) is 9.78 Å². The van der Waals surface area contributed by atoms with Crippen LogP contribution in [0.4, 0.5) is 0 Å². The lowest BCUT2D eigenvalue weighted by molar-refractivity contribution is 0.0827. The van der Waals surface area contributed by atoms with Crippen LogP contribution in [0, 0.1) is 6.92 Å². The first kappa shape index (κ1) is 14.3. The van der Waals surface area contributed by atoms with Gasteiger partial charge in [0.1, 0.15) is 5.75 Å². The van der Waals surface area contributed by atoms with Crippen LogP contribution < -0.4 is 0 Å². The first-order valence-corrected chi connectivity index (χ1v) is 6.44. The van der Waals surface area contributed by atoms with Crippen LogP contribution in [0.2, 0.25) is 5.02 Å². The fourth-order valence-corrected chi connectivity index (χ4v) is 2.10. The molecule has 0 atom stereocenters. The van der Waals surface area contributed by atoms with E-state index in [4.69, 9.17) is 11.6 Å². The molecule has 0 aliphatic carbocycles. The number of pyridine rings is 1. The van der Waals surface area contributed by atoms with Crippen molar-refractivity contribution in [3.63, 3.8) is 0 Å². The first-order chi connectivity index (χ1) is 9.40. The lowest BCUT2D eigenvalue weighted by Gasteiger charge is -2.12. The Morgan fingerprint density at radius 3 is 2.60 bits per heavy atom. The average Bonchev–Trinajstić information content (AvgIpc) is 2.42. The molecule has 4 nitrogen and oxygen atoms in total. The van der Waals surface area contributed by atoms with E-state index < -0.39 is 0 Å². The van der Waals surface area contributed by atoms with Gasteiger partial charge in [-0.1, -0.05) is 11.6 Å². The van der Waals surface area contributed by atoms with Crippen molar-refractivity contribution in [1.29, 1.82) is 0 Å². The number of aromatic hydroxyl groups is 1. The lowest BCUT2D eigenvalue weighted by atomic mass is 10.0. The van der Waals surface area contributed by atoms with Gasteiger partial charge in [-0.05, 0) is 36.2 Å². The molecule has 0 radical (unpaired) electrons. The van der Waals surface area contributed by atoms with Crippen LogP contribution in [0.5, 0.6) is 5.75 Å². The largest absolute Gasteiger partial charge is 0.506 e. The first-order valence-electron chi connectivity index (χ1n) is 6.06. The van der Waals surface area contributed by atoms with Gasteiger partial charge in [-0.15, -0.1) is 0 Å². The Balaban J connectivity index is 2.52. The van der Waals surface area contributed by atoms with Gasteiger partial charge in [0, 0.05) is 32.1 Å². The van der Waals surface area contributed by atoms with E-state index in [-0.39, 0.29) is 16.7 Å². The number of nitrogens with zero attached hydrogens (tertiary/aromatic N) is 2. The molecule has 0 saturated carbocycles. The monoisotopic (exact) mass is 290 g/mol. The third kappa shape index (κ3) is 2.75. The Labute approximate surface area is 122 Å². The minimum absolute atomic E-state index is 0.0430. The fraction of sp³-hybridized carbons (Fsp3) is 0.200. The molecule has 1 aromatic carbocycles. The fourth-order valence-electron chi connectivity index (χ4n) is 1.94. The van der Waals surface area contributed by atoms with Gasteiger partial charge in [-0.25, -0.2) is 0 Å². The van der Waals surface area contributed by atoms with Crippen LogP contribution in [0.15, 0.2) is 30.6 Å². The van der Waals surface area contributed by atoms with Crippen LogP contribution >= 0.6 is 11.6 Å². The van der Waals surface area contributed by atoms with Crippen LogP contribution in [0.25, 0.3) is 11.1 Å². The maximum Gasteiger partial charge on any atom is 0.254 e. The summed E-state index contributed by atoms with van der Waals surface area (Å²) in [7, 11) is 3.38. The molecule has 0 unspecified atom stereocenters. The molecule has 1 N–H and O–H groups in total. The van der Waals surface area contributed by atoms with Gasteiger partial charge >= 0.3 is 0 Å². The predicted molar refractivity (Wildman–Crippen MR) is 79.1 cm³/mol. The van der Waals surface area contributed by atoms with Gasteiger partial charge in [0.05, 0.1) is 10.6 Å². The summed E-state index contributed by atoms with van der Waals surface area (Å²) < 4.78 is 0. The van der Waals surface area contributed by atoms with Crippen molar-refractivity contribution in [3.8, 4) is 16.9 Å². The van der Waals surface area contributed by atoms with Crippen molar-refractivity contribution in [2.45, 2.75) is 6.92 Å². The van der Waals surface area contributed by atoms with Crippen molar-refractivity contribution >= 4 is 17.5 Å². The number of amides is 1. The average molecular weight is 291 g/mol. The number of rotatable bonds is 2. The number of carbonyl (C=O) groups excluding carboxylic acids is 1. The maximum atomic E-state index is 12.0. The summed E-state index contributed by atoms with van der Waals surface area (Å²) in [5.41, 5.74) is 3.00. The van der Waals surface area contributed by atoms with E-state index in [1.165, 1.54) is 11.1 Å². The molecule has 1 aromatic heterocycles. The Morgan fingerprint density at radius 1 is 1.25 bits per heavy atom. The number of phenols is 1. The summed E-state index contributed by atoms with van der Waals surface area (Å²) >= 11 is 5.94. The normalized spacial score (nSPS) is 10.4. The highest BCUT2D eigenvalue weighted by Gasteiger charge is 2.12. The Morgan fingerprint density at radius 2 is 1.95 bits per heavy atom. The second kappa shape index (κ2) is 5.51. The molecule has 0 spiro atoms. The molecule has 1 amide bonds. The van der Waals surface area contributed by atoms with E-state index in [0.29, 0.717) is 5.56 Å². The minimum Gasteiger partial charge on any atom is -0.506 e. The topological polar surface area (TPSA) is 53.4 Å². The molecular weight excluding hydrogens is 276 g/mol.